The second-order valence-electron chi connectivity index (χ2n) is 3.71. The van der Waals surface area contributed by atoms with Crippen molar-refractivity contribution in [3.8, 4) is 0 Å². The highest BCUT2D eigenvalue weighted by Crippen LogP contribution is 2.20. The summed E-state index contributed by atoms with van der Waals surface area (Å²) in [6.07, 6.45) is 0. The molecule has 0 saturated heterocycles. The second-order valence-corrected chi connectivity index (χ2v) is 4.12. The van der Waals surface area contributed by atoms with Gasteiger partial charge in [-0.25, -0.2) is 13.2 Å². The summed E-state index contributed by atoms with van der Waals surface area (Å²) in [5.74, 6) is -1.76. The van der Waals surface area contributed by atoms with Crippen molar-refractivity contribution < 1.29 is 13.2 Å². The average Bonchev–Trinajstić information content (AvgIpc) is 2.30. The van der Waals surface area contributed by atoms with E-state index in [1.807, 2.05) is 0 Å². The smallest absolute Gasteiger partial charge is 0.149 e. The fourth-order valence-corrected chi connectivity index (χ4v) is 1.72. The summed E-state index contributed by atoms with van der Waals surface area (Å²) in [5.41, 5.74) is 0.790. The number of nitrogens with one attached hydrogen (secondary N) is 1. The molecule has 0 unspecified atom stereocenters. The Balaban J connectivity index is 2.11. The van der Waals surface area contributed by atoms with Gasteiger partial charge in [0.25, 0.3) is 0 Å². The maximum absolute atomic E-state index is 13.3. The summed E-state index contributed by atoms with van der Waals surface area (Å²) in [6.45, 7) is 0.224. The Morgan fingerprint density at radius 3 is 2.28 bits per heavy atom. The number of benzene rings is 2. The molecule has 1 nitrogen and oxygen atoms in total. The first-order valence-corrected chi connectivity index (χ1v) is 5.57. The summed E-state index contributed by atoms with van der Waals surface area (Å²) in [5, 5.41) is 3.02. The lowest BCUT2D eigenvalue weighted by Gasteiger charge is -2.09. The molecule has 0 bridgehead atoms. The van der Waals surface area contributed by atoms with Gasteiger partial charge < -0.3 is 5.32 Å². The van der Waals surface area contributed by atoms with Crippen molar-refractivity contribution in [2.24, 2.45) is 0 Å². The van der Waals surface area contributed by atoms with Gasteiger partial charge in [-0.3, -0.25) is 0 Å². The van der Waals surface area contributed by atoms with Crippen molar-refractivity contribution in [1.82, 2.24) is 0 Å². The van der Waals surface area contributed by atoms with E-state index in [1.165, 1.54) is 24.3 Å². The summed E-state index contributed by atoms with van der Waals surface area (Å²) < 4.78 is 38.8. The maximum Gasteiger partial charge on any atom is 0.149 e. The van der Waals surface area contributed by atoms with Gasteiger partial charge in [-0.15, -0.1) is 0 Å². The van der Waals surface area contributed by atoms with Crippen molar-refractivity contribution in [2.75, 3.05) is 5.32 Å². The molecule has 2 aromatic rings. The zero-order chi connectivity index (χ0) is 13.1. The molecule has 0 aliphatic carbocycles. The lowest BCUT2D eigenvalue weighted by atomic mass is 10.2. The summed E-state index contributed by atoms with van der Waals surface area (Å²) in [7, 11) is 0. The molecule has 0 atom stereocenters. The third-order valence-corrected chi connectivity index (χ3v) is 2.77. The molecule has 94 valence electrons. The fourth-order valence-electron chi connectivity index (χ4n) is 1.49. The van der Waals surface area contributed by atoms with Crippen LogP contribution >= 0.6 is 11.6 Å². The zero-order valence-electron chi connectivity index (χ0n) is 9.18. The van der Waals surface area contributed by atoms with Crippen LogP contribution in [0.3, 0.4) is 0 Å². The van der Waals surface area contributed by atoms with E-state index in [9.17, 15) is 13.2 Å². The summed E-state index contributed by atoms with van der Waals surface area (Å²) in [4.78, 5) is 0. The molecule has 0 aliphatic rings. The van der Waals surface area contributed by atoms with Crippen LogP contribution in [0.25, 0.3) is 0 Å². The standard InChI is InChI=1S/C13H9ClF3N/c14-11-5-9(15)2-1-8(11)7-18-13-4-3-10(16)6-12(13)17/h1-6,18H,7H2. The first kappa shape index (κ1) is 12.8. The van der Waals surface area contributed by atoms with E-state index < -0.39 is 17.5 Å². The molecular formula is C13H9ClF3N. The van der Waals surface area contributed by atoms with Gasteiger partial charge in [-0.2, -0.15) is 0 Å². The monoisotopic (exact) mass is 271 g/mol. The van der Waals surface area contributed by atoms with E-state index in [2.05, 4.69) is 5.32 Å². The highest BCUT2D eigenvalue weighted by atomic mass is 35.5. The molecule has 0 aliphatic heterocycles. The van der Waals surface area contributed by atoms with Crippen molar-refractivity contribution >= 4 is 17.3 Å². The largest absolute Gasteiger partial charge is 0.379 e. The van der Waals surface area contributed by atoms with E-state index in [4.69, 9.17) is 11.6 Å². The molecule has 2 aromatic carbocycles. The highest BCUT2D eigenvalue weighted by molar-refractivity contribution is 6.31. The third-order valence-electron chi connectivity index (χ3n) is 2.42. The molecule has 5 heteroatoms. The van der Waals surface area contributed by atoms with E-state index in [0.717, 1.165) is 12.1 Å². The van der Waals surface area contributed by atoms with E-state index >= 15 is 0 Å². The molecule has 0 amide bonds. The first-order valence-electron chi connectivity index (χ1n) is 5.19. The van der Waals surface area contributed by atoms with E-state index in [-0.39, 0.29) is 17.3 Å². The van der Waals surface area contributed by atoms with E-state index in [1.54, 1.807) is 0 Å². The summed E-state index contributed by atoms with van der Waals surface area (Å²) in [6, 6.07) is 7.18. The maximum atomic E-state index is 13.3. The van der Waals surface area contributed by atoms with Crippen LogP contribution in [0.1, 0.15) is 5.56 Å². The fraction of sp³-hybridized carbons (Fsp3) is 0.0769. The van der Waals surface area contributed by atoms with Crippen molar-refractivity contribution in [1.29, 1.82) is 0 Å². The Morgan fingerprint density at radius 2 is 1.61 bits per heavy atom. The van der Waals surface area contributed by atoms with Gasteiger partial charge in [0.05, 0.1) is 5.69 Å². The third kappa shape index (κ3) is 2.96. The molecule has 0 radical (unpaired) electrons. The minimum atomic E-state index is -0.687. The SMILES string of the molecule is Fc1ccc(NCc2ccc(F)cc2Cl)c(F)c1. The van der Waals surface area contributed by atoms with Gasteiger partial charge in [-0.05, 0) is 29.8 Å². The average molecular weight is 272 g/mol. The first-order chi connectivity index (χ1) is 8.56. The number of anilines is 1. The molecule has 0 fully saturated rings. The topological polar surface area (TPSA) is 12.0 Å². The van der Waals surface area contributed by atoms with Gasteiger partial charge in [-0.1, -0.05) is 17.7 Å². The molecular weight excluding hydrogens is 263 g/mol. The molecule has 2 rings (SSSR count). The van der Waals surface area contributed by atoms with Crippen LogP contribution in [0.15, 0.2) is 36.4 Å². The quantitative estimate of drug-likeness (QED) is 0.874. The van der Waals surface area contributed by atoms with Gasteiger partial charge >= 0.3 is 0 Å². The Kier molecular flexibility index (Phi) is 3.77. The van der Waals surface area contributed by atoms with Crippen LogP contribution in [-0.4, -0.2) is 0 Å². The molecule has 0 spiro atoms. The van der Waals surface area contributed by atoms with Gasteiger partial charge in [0.15, 0.2) is 0 Å². The molecule has 18 heavy (non-hydrogen) atoms. The lowest BCUT2D eigenvalue weighted by Crippen LogP contribution is -2.02. The van der Waals surface area contributed by atoms with Crippen LogP contribution in [0.2, 0.25) is 5.02 Å². The second kappa shape index (κ2) is 5.31. The molecule has 1 N–H and O–H groups in total. The minimum absolute atomic E-state index is 0.164. The number of hydrogen-bond donors (Lipinski definition) is 1. The number of halogens is 4. The number of hydrogen-bond acceptors (Lipinski definition) is 1. The molecule has 0 saturated carbocycles. The predicted octanol–water partition coefficient (Wildman–Crippen LogP) is 4.37. The lowest BCUT2D eigenvalue weighted by molar-refractivity contribution is 0.585. The van der Waals surface area contributed by atoms with Crippen LogP contribution in [0.4, 0.5) is 18.9 Å². The van der Waals surface area contributed by atoms with E-state index in [0.29, 0.717) is 5.56 Å². The Morgan fingerprint density at radius 1 is 0.944 bits per heavy atom. The normalized spacial score (nSPS) is 10.4. The zero-order valence-corrected chi connectivity index (χ0v) is 9.94. The Bertz CT molecular complexity index is 521. The van der Waals surface area contributed by atoms with Gasteiger partial charge in [0.1, 0.15) is 17.5 Å². The minimum Gasteiger partial charge on any atom is -0.379 e. The van der Waals surface area contributed by atoms with Crippen LogP contribution in [0, 0.1) is 17.5 Å². The van der Waals surface area contributed by atoms with Crippen LogP contribution in [0.5, 0.6) is 0 Å². The van der Waals surface area contributed by atoms with Crippen molar-refractivity contribution in [3.63, 3.8) is 0 Å². The van der Waals surface area contributed by atoms with Crippen LogP contribution in [-0.2, 0) is 6.54 Å². The van der Waals surface area contributed by atoms with Gasteiger partial charge in [0, 0.05) is 17.6 Å². The predicted molar refractivity (Wildman–Crippen MR) is 65.1 cm³/mol. The Hall–Kier alpha value is -1.68. The number of rotatable bonds is 3. The Labute approximate surface area is 107 Å². The highest BCUT2D eigenvalue weighted by Gasteiger charge is 2.05. The molecule has 0 heterocycles. The van der Waals surface area contributed by atoms with Gasteiger partial charge in [0.2, 0.25) is 0 Å². The molecule has 0 aromatic heterocycles. The van der Waals surface area contributed by atoms with Crippen molar-refractivity contribution in [3.05, 3.63) is 64.4 Å². The van der Waals surface area contributed by atoms with Crippen LogP contribution < -0.4 is 5.32 Å². The van der Waals surface area contributed by atoms with Crippen molar-refractivity contribution in [2.45, 2.75) is 6.54 Å². The summed E-state index contributed by atoms with van der Waals surface area (Å²) >= 11 is 5.83.